The van der Waals surface area contributed by atoms with Crippen LogP contribution >= 0.6 is 0 Å². The maximum atomic E-state index is 10.5. The van der Waals surface area contributed by atoms with Crippen molar-refractivity contribution >= 4 is 5.97 Å². The molecule has 0 aliphatic carbocycles. The van der Waals surface area contributed by atoms with Gasteiger partial charge in [-0.05, 0) is 25.7 Å². The van der Waals surface area contributed by atoms with Gasteiger partial charge >= 0.3 is 5.97 Å². The Morgan fingerprint density at radius 1 is 1.20 bits per heavy atom. The van der Waals surface area contributed by atoms with Crippen molar-refractivity contribution in [2.24, 2.45) is 5.92 Å². The van der Waals surface area contributed by atoms with Gasteiger partial charge in [-0.1, -0.05) is 45.3 Å². The number of carboxylic acid groups (broad SMARTS) is 1. The third-order valence-electron chi connectivity index (χ3n) is 2.57. The van der Waals surface area contributed by atoms with E-state index in [9.17, 15) is 4.79 Å². The molecule has 0 aromatic heterocycles. The molecule has 0 heterocycles. The molecular formula is C13H24O2. The van der Waals surface area contributed by atoms with Crippen molar-refractivity contribution < 1.29 is 9.90 Å². The minimum Gasteiger partial charge on any atom is -0.481 e. The predicted octanol–water partition coefficient (Wildman–Crippen LogP) is 4.01. The lowest BCUT2D eigenvalue weighted by molar-refractivity contribution is -0.141. The molecule has 0 bridgehead atoms. The summed E-state index contributed by atoms with van der Waals surface area (Å²) < 4.78 is 0. The summed E-state index contributed by atoms with van der Waals surface area (Å²) in [5.41, 5.74) is 0. The molecule has 0 fully saturated rings. The second-order valence-electron chi connectivity index (χ2n) is 4.14. The number of hydrogen-bond acceptors (Lipinski definition) is 1. The minimum absolute atomic E-state index is 0.186. The van der Waals surface area contributed by atoms with Gasteiger partial charge in [0, 0.05) is 0 Å². The van der Waals surface area contributed by atoms with E-state index in [1.54, 1.807) is 6.92 Å². The summed E-state index contributed by atoms with van der Waals surface area (Å²) >= 11 is 0. The SMILES string of the molecule is CCCCC=CCCCCC(C)C(=O)O. The van der Waals surface area contributed by atoms with E-state index >= 15 is 0 Å². The zero-order valence-corrected chi connectivity index (χ0v) is 10.0. The maximum Gasteiger partial charge on any atom is 0.306 e. The number of unbranched alkanes of at least 4 members (excludes halogenated alkanes) is 4. The van der Waals surface area contributed by atoms with Crippen molar-refractivity contribution in [1.82, 2.24) is 0 Å². The van der Waals surface area contributed by atoms with E-state index in [1.165, 1.54) is 19.3 Å². The van der Waals surface area contributed by atoms with E-state index in [4.69, 9.17) is 5.11 Å². The van der Waals surface area contributed by atoms with Crippen LogP contribution in [-0.2, 0) is 4.79 Å². The fraction of sp³-hybridized carbons (Fsp3) is 0.769. The average Bonchev–Trinajstić information content (AvgIpc) is 2.21. The van der Waals surface area contributed by atoms with Gasteiger partial charge in [-0.15, -0.1) is 0 Å². The summed E-state index contributed by atoms with van der Waals surface area (Å²) in [7, 11) is 0. The monoisotopic (exact) mass is 212 g/mol. The van der Waals surface area contributed by atoms with Gasteiger partial charge in [0.2, 0.25) is 0 Å². The van der Waals surface area contributed by atoms with Gasteiger partial charge < -0.3 is 5.11 Å². The van der Waals surface area contributed by atoms with Crippen molar-refractivity contribution in [3.05, 3.63) is 12.2 Å². The van der Waals surface area contributed by atoms with Crippen LogP contribution in [0, 0.1) is 5.92 Å². The number of rotatable bonds is 9. The Labute approximate surface area is 93.4 Å². The normalized spacial score (nSPS) is 13.2. The summed E-state index contributed by atoms with van der Waals surface area (Å²) in [6.07, 6.45) is 12.2. The Bertz CT molecular complexity index is 185. The van der Waals surface area contributed by atoms with Crippen LogP contribution in [0.15, 0.2) is 12.2 Å². The number of allylic oxidation sites excluding steroid dienone is 2. The summed E-state index contributed by atoms with van der Waals surface area (Å²) in [5.74, 6) is -0.859. The molecule has 2 nitrogen and oxygen atoms in total. The van der Waals surface area contributed by atoms with Crippen LogP contribution in [0.2, 0.25) is 0 Å². The van der Waals surface area contributed by atoms with E-state index in [-0.39, 0.29) is 5.92 Å². The maximum absolute atomic E-state index is 10.5. The van der Waals surface area contributed by atoms with E-state index in [0.29, 0.717) is 0 Å². The first kappa shape index (κ1) is 14.2. The lowest BCUT2D eigenvalue weighted by Gasteiger charge is -2.03. The van der Waals surface area contributed by atoms with Crippen molar-refractivity contribution in [2.75, 3.05) is 0 Å². The predicted molar refractivity (Wildman–Crippen MR) is 63.9 cm³/mol. The average molecular weight is 212 g/mol. The molecule has 0 aromatic carbocycles. The van der Waals surface area contributed by atoms with Crippen LogP contribution in [0.5, 0.6) is 0 Å². The highest BCUT2D eigenvalue weighted by molar-refractivity contribution is 5.69. The van der Waals surface area contributed by atoms with E-state index in [1.807, 2.05) is 0 Å². The Balaban J connectivity index is 3.24. The highest BCUT2D eigenvalue weighted by Gasteiger charge is 2.08. The summed E-state index contributed by atoms with van der Waals surface area (Å²) in [6.45, 7) is 3.97. The van der Waals surface area contributed by atoms with Gasteiger partial charge in [0.25, 0.3) is 0 Å². The number of aliphatic carboxylic acids is 1. The molecule has 0 saturated carbocycles. The molecule has 88 valence electrons. The standard InChI is InChI=1S/C13H24O2/c1-3-4-5-6-7-8-9-10-11-12(2)13(14)15/h6-7,12H,3-5,8-11H2,1-2H3,(H,14,15). The lowest BCUT2D eigenvalue weighted by atomic mass is 10.0. The quantitative estimate of drug-likeness (QED) is 0.463. The van der Waals surface area contributed by atoms with E-state index in [0.717, 1.165) is 25.7 Å². The molecule has 1 unspecified atom stereocenters. The molecule has 0 saturated heterocycles. The van der Waals surface area contributed by atoms with Crippen LogP contribution in [0.4, 0.5) is 0 Å². The van der Waals surface area contributed by atoms with Gasteiger partial charge in [0.1, 0.15) is 0 Å². The summed E-state index contributed by atoms with van der Waals surface area (Å²) in [5, 5.41) is 8.67. The largest absolute Gasteiger partial charge is 0.481 e. The van der Waals surface area contributed by atoms with Crippen LogP contribution in [0.3, 0.4) is 0 Å². The van der Waals surface area contributed by atoms with Crippen molar-refractivity contribution in [1.29, 1.82) is 0 Å². The molecule has 0 aromatic rings. The third kappa shape index (κ3) is 9.51. The van der Waals surface area contributed by atoms with Gasteiger partial charge in [-0.3, -0.25) is 4.79 Å². The number of carboxylic acids is 1. The topological polar surface area (TPSA) is 37.3 Å². The fourth-order valence-electron chi connectivity index (χ4n) is 1.39. The molecule has 0 aliphatic rings. The Morgan fingerprint density at radius 2 is 1.80 bits per heavy atom. The minimum atomic E-state index is -0.673. The number of carbonyl (C=O) groups is 1. The van der Waals surface area contributed by atoms with Crippen molar-refractivity contribution in [3.63, 3.8) is 0 Å². The fourth-order valence-corrected chi connectivity index (χ4v) is 1.39. The molecular weight excluding hydrogens is 188 g/mol. The molecule has 1 atom stereocenters. The Morgan fingerprint density at radius 3 is 2.33 bits per heavy atom. The molecule has 0 aliphatic heterocycles. The highest BCUT2D eigenvalue weighted by Crippen LogP contribution is 2.09. The second-order valence-corrected chi connectivity index (χ2v) is 4.14. The summed E-state index contributed by atoms with van der Waals surface area (Å²) in [4.78, 5) is 10.5. The Hall–Kier alpha value is -0.790. The first-order valence-electron chi connectivity index (χ1n) is 6.06. The smallest absolute Gasteiger partial charge is 0.306 e. The van der Waals surface area contributed by atoms with Gasteiger partial charge in [-0.2, -0.15) is 0 Å². The van der Waals surface area contributed by atoms with Gasteiger partial charge in [0.15, 0.2) is 0 Å². The molecule has 15 heavy (non-hydrogen) atoms. The van der Waals surface area contributed by atoms with Crippen molar-refractivity contribution in [2.45, 2.75) is 58.8 Å². The van der Waals surface area contributed by atoms with E-state index < -0.39 is 5.97 Å². The van der Waals surface area contributed by atoms with Crippen LogP contribution < -0.4 is 0 Å². The zero-order chi connectivity index (χ0) is 11.5. The molecule has 1 N–H and O–H groups in total. The van der Waals surface area contributed by atoms with Crippen LogP contribution in [-0.4, -0.2) is 11.1 Å². The first-order chi connectivity index (χ1) is 7.18. The zero-order valence-electron chi connectivity index (χ0n) is 10.0. The number of hydrogen-bond donors (Lipinski definition) is 1. The Kier molecular flexibility index (Phi) is 9.24. The molecule has 0 rings (SSSR count). The molecule has 0 spiro atoms. The van der Waals surface area contributed by atoms with E-state index in [2.05, 4.69) is 19.1 Å². The van der Waals surface area contributed by atoms with Crippen molar-refractivity contribution in [3.8, 4) is 0 Å². The summed E-state index contributed by atoms with van der Waals surface area (Å²) in [6, 6.07) is 0. The second kappa shape index (κ2) is 9.75. The molecule has 0 amide bonds. The van der Waals surface area contributed by atoms with Crippen LogP contribution in [0.25, 0.3) is 0 Å². The van der Waals surface area contributed by atoms with Crippen LogP contribution in [0.1, 0.15) is 58.8 Å². The third-order valence-corrected chi connectivity index (χ3v) is 2.57. The first-order valence-corrected chi connectivity index (χ1v) is 6.06. The van der Waals surface area contributed by atoms with Gasteiger partial charge in [0.05, 0.1) is 5.92 Å². The molecule has 0 radical (unpaired) electrons. The lowest BCUT2D eigenvalue weighted by Crippen LogP contribution is -2.08. The highest BCUT2D eigenvalue weighted by atomic mass is 16.4. The van der Waals surface area contributed by atoms with Gasteiger partial charge in [-0.25, -0.2) is 0 Å². The molecule has 2 heteroatoms.